The number of hydrogen-bond acceptors (Lipinski definition) is 6. The van der Waals surface area contributed by atoms with Gasteiger partial charge in [0.05, 0.1) is 18.9 Å². The van der Waals surface area contributed by atoms with Crippen LogP contribution in [0.25, 0.3) is 0 Å². The van der Waals surface area contributed by atoms with Gasteiger partial charge in [-0.15, -0.1) is 0 Å². The zero-order valence-electron chi connectivity index (χ0n) is 23.0. The highest BCUT2D eigenvalue weighted by Crippen LogP contribution is 2.38. The topological polar surface area (TPSA) is 75.5 Å². The van der Waals surface area contributed by atoms with Crippen LogP contribution < -0.4 is 4.74 Å². The molecular weight excluding hydrogens is 494 g/mol. The van der Waals surface area contributed by atoms with Gasteiger partial charge in [0.15, 0.2) is 11.9 Å². The first-order valence-corrected chi connectivity index (χ1v) is 13.6. The van der Waals surface area contributed by atoms with Gasteiger partial charge in [-0.25, -0.2) is 0 Å². The van der Waals surface area contributed by atoms with E-state index in [4.69, 9.17) is 13.9 Å². The zero-order chi connectivity index (χ0) is 27.4. The normalized spacial score (nSPS) is 18.5. The number of amides is 2. The third-order valence-corrected chi connectivity index (χ3v) is 7.65. The van der Waals surface area contributed by atoms with E-state index in [1.54, 1.807) is 19.2 Å². The Morgan fingerprint density at radius 1 is 1.03 bits per heavy atom. The summed E-state index contributed by atoms with van der Waals surface area (Å²) in [4.78, 5) is 32.8. The zero-order valence-corrected chi connectivity index (χ0v) is 23.0. The smallest absolute Gasteiger partial charge is 0.290 e. The minimum atomic E-state index is -0.615. The molecule has 0 spiro atoms. The summed E-state index contributed by atoms with van der Waals surface area (Å²) in [6.45, 7) is 9.04. The fourth-order valence-corrected chi connectivity index (χ4v) is 5.55. The van der Waals surface area contributed by atoms with Gasteiger partial charge in [0.1, 0.15) is 5.75 Å². The summed E-state index contributed by atoms with van der Waals surface area (Å²) >= 11 is 0. The van der Waals surface area contributed by atoms with Crippen molar-refractivity contribution >= 4 is 11.8 Å². The fraction of sp³-hybridized carbons (Fsp3) is 0.419. The van der Waals surface area contributed by atoms with Crippen LogP contribution in [0.3, 0.4) is 0 Å². The van der Waals surface area contributed by atoms with Crippen molar-refractivity contribution < 1.29 is 23.5 Å². The van der Waals surface area contributed by atoms with Crippen LogP contribution in [-0.4, -0.2) is 85.6 Å². The summed E-state index contributed by atoms with van der Waals surface area (Å²) in [6.07, 6.45) is 1.64. The number of nitrogens with zero attached hydrogens (tertiary/aromatic N) is 3. The molecule has 2 aliphatic heterocycles. The van der Waals surface area contributed by atoms with Crippen molar-refractivity contribution in [1.29, 1.82) is 0 Å². The van der Waals surface area contributed by atoms with Gasteiger partial charge >= 0.3 is 0 Å². The molecule has 3 aromatic rings. The predicted molar refractivity (Wildman–Crippen MR) is 148 cm³/mol. The quantitative estimate of drug-likeness (QED) is 0.439. The van der Waals surface area contributed by atoms with Gasteiger partial charge in [0, 0.05) is 46.4 Å². The Balaban J connectivity index is 1.36. The predicted octanol–water partition coefficient (Wildman–Crippen LogP) is 3.93. The van der Waals surface area contributed by atoms with E-state index in [0.29, 0.717) is 37.8 Å². The SMILES string of the molecule is COCCN1CCN(C(=O)[C@@H](C)Oc2ccc3c(c2)[C@@H](c2cccc(C)c2)N(C(=O)c2ccco2)CC3)CC1. The van der Waals surface area contributed by atoms with Crippen LogP contribution in [-0.2, 0) is 16.0 Å². The molecule has 39 heavy (non-hydrogen) atoms. The minimum absolute atomic E-state index is 0.0102. The highest BCUT2D eigenvalue weighted by Gasteiger charge is 2.34. The molecule has 0 N–H and O–H groups in total. The average molecular weight is 532 g/mol. The molecule has 3 heterocycles. The highest BCUT2D eigenvalue weighted by atomic mass is 16.5. The molecule has 0 aliphatic carbocycles. The number of rotatable bonds is 8. The summed E-state index contributed by atoms with van der Waals surface area (Å²) in [5.41, 5.74) is 4.33. The molecule has 1 aromatic heterocycles. The number of fused-ring (bicyclic) bond motifs is 1. The van der Waals surface area contributed by atoms with Gasteiger partial charge in [-0.2, -0.15) is 0 Å². The lowest BCUT2D eigenvalue weighted by Crippen LogP contribution is -2.52. The number of piperazine rings is 1. The van der Waals surface area contributed by atoms with E-state index >= 15 is 0 Å². The molecule has 2 atom stereocenters. The first-order valence-electron chi connectivity index (χ1n) is 13.6. The summed E-state index contributed by atoms with van der Waals surface area (Å²) in [6, 6.07) is 17.4. The molecule has 8 nitrogen and oxygen atoms in total. The van der Waals surface area contributed by atoms with E-state index in [1.807, 2.05) is 34.9 Å². The molecule has 1 saturated heterocycles. The highest BCUT2D eigenvalue weighted by molar-refractivity contribution is 5.92. The number of carbonyl (C=O) groups is 2. The fourth-order valence-electron chi connectivity index (χ4n) is 5.55. The number of aryl methyl sites for hydroxylation is 1. The molecule has 8 heteroatoms. The minimum Gasteiger partial charge on any atom is -0.481 e. The number of carbonyl (C=O) groups excluding carboxylic acids is 2. The first kappa shape index (κ1) is 27.0. The third kappa shape index (κ3) is 6.02. The van der Waals surface area contributed by atoms with Crippen molar-refractivity contribution in [2.45, 2.75) is 32.4 Å². The molecule has 2 aromatic carbocycles. The Morgan fingerprint density at radius 2 is 1.85 bits per heavy atom. The summed E-state index contributed by atoms with van der Waals surface area (Å²) in [5.74, 6) is 0.795. The molecule has 0 radical (unpaired) electrons. The van der Waals surface area contributed by atoms with Gasteiger partial charge < -0.3 is 23.7 Å². The van der Waals surface area contributed by atoms with Gasteiger partial charge in [0.2, 0.25) is 0 Å². The first-order chi connectivity index (χ1) is 18.9. The molecule has 206 valence electrons. The maximum atomic E-state index is 13.5. The molecule has 0 unspecified atom stereocenters. The maximum Gasteiger partial charge on any atom is 0.290 e. The molecule has 2 amide bonds. The second-order valence-corrected chi connectivity index (χ2v) is 10.3. The number of furan rings is 1. The Morgan fingerprint density at radius 3 is 2.56 bits per heavy atom. The Kier molecular flexibility index (Phi) is 8.33. The van der Waals surface area contributed by atoms with Crippen molar-refractivity contribution in [2.24, 2.45) is 0 Å². The standard InChI is InChI=1S/C31H37N3O5/c1-22-6-4-7-25(20-22)29-27-21-26(10-9-24(27)11-12-34(29)31(36)28-8-5-18-38-28)39-23(2)30(35)33-15-13-32(14-16-33)17-19-37-3/h4-10,18,20-21,23,29H,11-17,19H2,1-3H3/t23-,29-/m1/s1. The van der Waals surface area contributed by atoms with Crippen LogP contribution in [0, 0.1) is 6.92 Å². The van der Waals surface area contributed by atoms with Gasteiger partial charge in [-0.1, -0.05) is 35.9 Å². The molecule has 1 fully saturated rings. The van der Waals surface area contributed by atoms with Crippen molar-refractivity contribution in [3.63, 3.8) is 0 Å². The lowest BCUT2D eigenvalue weighted by Gasteiger charge is -2.38. The number of methoxy groups -OCH3 is 1. The number of ether oxygens (including phenoxy) is 2. The molecule has 0 saturated carbocycles. The second-order valence-electron chi connectivity index (χ2n) is 10.3. The van der Waals surface area contributed by atoms with Crippen LogP contribution in [0.2, 0.25) is 0 Å². The van der Waals surface area contributed by atoms with Crippen LogP contribution in [0.15, 0.2) is 65.3 Å². The van der Waals surface area contributed by atoms with Gasteiger partial charge in [-0.3, -0.25) is 14.5 Å². The van der Waals surface area contributed by atoms with Crippen molar-refractivity contribution in [1.82, 2.24) is 14.7 Å². The number of hydrogen-bond donors (Lipinski definition) is 0. The van der Waals surface area contributed by atoms with Crippen LogP contribution in [0.4, 0.5) is 0 Å². The average Bonchev–Trinajstić information content (AvgIpc) is 3.50. The largest absolute Gasteiger partial charge is 0.481 e. The van der Waals surface area contributed by atoms with E-state index in [1.165, 1.54) is 11.8 Å². The van der Waals surface area contributed by atoms with E-state index in [0.717, 1.165) is 42.7 Å². The lowest BCUT2D eigenvalue weighted by atomic mass is 9.87. The van der Waals surface area contributed by atoms with E-state index < -0.39 is 6.10 Å². The molecule has 5 rings (SSSR count). The van der Waals surface area contributed by atoms with E-state index in [-0.39, 0.29) is 17.9 Å². The Labute approximate surface area is 230 Å². The second kappa shape index (κ2) is 12.1. The summed E-state index contributed by atoms with van der Waals surface area (Å²) in [5, 5.41) is 0. The van der Waals surface area contributed by atoms with Crippen LogP contribution >= 0.6 is 0 Å². The van der Waals surface area contributed by atoms with Crippen molar-refractivity contribution in [3.8, 4) is 5.75 Å². The Bertz CT molecular complexity index is 1280. The number of benzene rings is 2. The van der Waals surface area contributed by atoms with E-state index in [2.05, 4.69) is 36.1 Å². The summed E-state index contributed by atoms with van der Waals surface area (Å²) < 4.78 is 16.9. The maximum absolute atomic E-state index is 13.5. The monoisotopic (exact) mass is 531 g/mol. The third-order valence-electron chi connectivity index (χ3n) is 7.65. The van der Waals surface area contributed by atoms with E-state index in [9.17, 15) is 9.59 Å². The summed E-state index contributed by atoms with van der Waals surface area (Å²) in [7, 11) is 1.71. The molecular formula is C31H37N3O5. The molecule has 0 bridgehead atoms. The molecule has 2 aliphatic rings. The van der Waals surface area contributed by atoms with Crippen molar-refractivity contribution in [3.05, 3.63) is 88.9 Å². The van der Waals surface area contributed by atoms with Crippen LogP contribution in [0.5, 0.6) is 5.75 Å². The van der Waals surface area contributed by atoms with Crippen molar-refractivity contribution in [2.75, 3.05) is 53.0 Å². The van der Waals surface area contributed by atoms with Gasteiger partial charge in [-0.05, 0) is 61.2 Å². The Hall–Kier alpha value is -3.62. The van der Waals surface area contributed by atoms with Crippen LogP contribution in [0.1, 0.15) is 45.8 Å². The van der Waals surface area contributed by atoms with Gasteiger partial charge in [0.25, 0.3) is 11.8 Å². The lowest BCUT2D eigenvalue weighted by molar-refractivity contribution is -0.139.